The van der Waals surface area contributed by atoms with E-state index in [0.717, 1.165) is 45.3 Å². The fourth-order valence-corrected chi connectivity index (χ4v) is 5.08. The minimum absolute atomic E-state index is 0.0276. The normalized spacial score (nSPS) is 11.1. The number of carbonyl (C=O) groups excluding carboxylic acids is 1. The summed E-state index contributed by atoms with van der Waals surface area (Å²) in [7, 11) is 0. The molecule has 242 valence electrons. The molecule has 4 heteroatoms. The van der Waals surface area contributed by atoms with Crippen molar-refractivity contribution in [2.45, 2.75) is 195 Å². The lowest BCUT2D eigenvalue weighted by Gasteiger charge is -2.21. The van der Waals surface area contributed by atoms with Gasteiger partial charge in [-0.05, 0) is 38.8 Å². The molecular formula is C36H75NO3. The Bertz CT molecular complexity index is 451. The van der Waals surface area contributed by atoms with E-state index < -0.39 is 0 Å². The maximum atomic E-state index is 11.9. The summed E-state index contributed by atoms with van der Waals surface area (Å²) in [5.74, 6) is -0.0276. The van der Waals surface area contributed by atoms with Gasteiger partial charge in [-0.15, -0.1) is 0 Å². The number of esters is 1. The molecule has 0 saturated heterocycles. The molecule has 0 saturated carbocycles. The topological polar surface area (TPSA) is 49.8 Å². The van der Waals surface area contributed by atoms with Crippen LogP contribution in [0.15, 0.2) is 0 Å². The average Bonchev–Trinajstić information content (AvgIpc) is 2.96. The van der Waals surface area contributed by atoms with Crippen LogP contribution in [-0.2, 0) is 9.53 Å². The van der Waals surface area contributed by atoms with Crippen LogP contribution in [0.2, 0.25) is 0 Å². The van der Waals surface area contributed by atoms with Crippen LogP contribution in [0.5, 0.6) is 0 Å². The SMILES string of the molecule is CCCCCCCC.CCCCCCCCCCCCCOC(=O)CCCCCN(CCO)CCCCCCC. The van der Waals surface area contributed by atoms with Gasteiger partial charge >= 0.3 is 5.97 Å². The van der Waals surface area contributed by atoms with Crippen LogP contribution in [0.1, 0.15) is 195 Å². The molecule has 0 aromatic heterocycles. The minimum Gasteiger partial charge on any atom is -0.466 e. The number of ether oxygens (including phenoxy) is 1. The van der Waals surface area contributed by atoms with Crippen LogP contribution in [0.4, 0.5) is 0 Å². The van der Waals surface area contributed by atoms with E-state index in [1.54, 1.807) is 0 Å². The number of aliphatic hydroxyl groups excluding tert-OH is 1. The molecule has 0 aromatic carbocycles. The molecule has 0 atom stereocenters. The average molecular weight is 570 g/mol. The van der Waals surface area contributed by atoms with E-state index in [9.17, 15) is 9.90 Å². The van der Waals surface area contributed by atoms with Crippen molar-refractivity contribution in [1.82, 2.24) is 4.90 Å². The molecule has 4 nitrogen and oxygen atoms in total. The van der Waals surface area contributed by atoms with Crippen LogP contribution >= 0.6 is 0 Å². The molecule has 0 amide bonds. The molecule has 0 aromatic rings. The third-order valence-electron chi connectivity index (χ3n) is 7.82. The lowest BCUT2D eigenvalue weighted by molar-refractivity contribution is -0.143. The van der Waals surface area contributed by atoms with E-state index in [0.29, 0.717) is 13.0 Å². The number of hydrogen-bond acceptors (Lipinski definition) is 4. The van der Waals surface area contributed by atoms with Gasteiger partial charge in [0.05, 0.1) is 13.2 Å². The molecule has 0 aliphatic carbocycles. The predicted octanol–water partition coefficient (Wildman–Crippen LogP) is 11.0. The highest BCUT2D eigenvalue weighted by Gasteiger charge is 2.06. The second-order valence-corrected chi connectivity index (χ2v) is 12.0. The Hall–Kier alpha value is -0.610. The Morgan fingerprint density at radius 2 is 0.825 bits per heavy atom. The number of rotatable bonds is 31. The van der Waals surface area contributed by atoms with Crippen LogP contribution in [0.25, 0.3) is 0 Å². The number of nitrogens with zero attached hydrogens (tertiary/aromatic N) is 1. The van der Waals surface area contributed by atoms with E-state index in [1.807, 2.05) is 0 Å². The maximum absolute atomic E-state index is 11.9. The van der Waals surface area contributed by atoms with E-state index >= 15 is 0 Å². The molecular weight excluding hydrogens is 494 g/mol. The molecule has 0 rings (SSSR count). The van der Waals surface area contributed by atoms with Gasteiger partial charge in [0, 0.05) is 13.0 Å². The summed E-state index contributed by atoms with van der Waals surface area (Å²) in [5, 5.41) is 9.26. The van der Waals surface area contributed by atoms with Gasteiger partial charge in [-0.25, -0.2) is 0 Å². The highest BCUT2D eigenvalue weighted by molar-refractivity contribution is 5.69. The Balaban J connectivity index is 0. The quantitative estimate of drug-likeness (QED) is 0.0666. The van der Waals surface area contributed by atoms with E-state index in [2.05, 4.69) is 32.6 Å². The zero-order valence-electron chi connectivity index (χ0n) is 28.1. The van der Waals surface area contributed by atoms with Crippen molar-refractivity contribution in [3.63, 3.8) is 0 Å². The first-order valence-electron chi connectivity index (χ1n) is 18.1. The molecule has 0 fully saturated rings. The Kier molecular flexibility index (Phi) is 39.9. The summed E-state index contributed by atoms with van der Waals surface area (Å²) < 4.78 is 5.39. The smallest absolute Gasteiger partial charge is 0.305 e. The summed E-state index contributed by atoms with van der Waals surface area (Å²) in [6.45, 7) is 12.7. The molecule has 0 aliphatic heterocycles. The van der Waals surface area contributed by atoms with Crippen molar-refractivity contribution in [3.8, 4) is 0 Å². The molecule has 0 aliphatic rings. The zero-order valence-corrected chi connectivity index (χ0v) is 28.1. The lowest BCUT2D eigenvalue weighted by atomic mass is 10.1. The Labute approximate surface area is 252 Å². The van der Waals surface area contributed by atoms with Crippen molar-refractivity contribution in [1.29, 1.82) is 0 Å². The number of hydrogen-bond donors (Lipinski definition) is 1. The number of unbranched alkanes of at least 4 members (excludes halogenated alkanes) is 21. The molecule has 1 N–H and O–H groups in total. The van der Waals surface area contributed by atoms with Gasteiger partial charge in [0.15, 0.2) is 0 Å². The first-order valence-corrected chi connectivity index (χ1v) is 18.1. The summed E-state index contributed by atoms with van der Waals surface area (Å²) >= 11 is 0. The molecule has 0 unspecified atom stereocenters. The number of carbonyl (C=O) groups is 1. The highest BCUT2D eigenvalue weighted by atomic mass is 16.5. The molecule has 0 spiro atoms. The van der Waals surface area contributed by atoms with E-state index in [1.165, 1.54) is 135 Å². The van der Waals surface area contributed by atoms with Gasteiger partial charge in [0.2, 0.25) is 0 Å². The molecule has 40 heavy (non-hydrogen) atoms. The minimum atomic E-state index is -0.0276. The Morgan fingerprint density at radius 3 is 1.23 bits per heavy atom. The summed E-state index contributed by atoms with van der Waals surface area (Å²) in [6, 6.07) is 0. The van der Waals surface area contributed by atoms with Crippen molar-refractivity contribution in [2.24, 2.45) is 0 Å². The first-order chi connectivity index (χ1) is 19.7. The van der Waals surface area contributed by atoms with Crippen LogP contribution in [0.3, 0.4) is 0 Å². The first kappa shape index (κ1) is 41.5. The van der Waals surface area contributed by atoms with Crippen molar-refractivity contribution in [3.05, 3.63) is 0 Å². The monoisotopic (exact) mass is 570 g/mol. The fraction of sp³-hybridized carbons (Fsp3) is 0.972. The zero-order chi connectivity index (χ0) is 29.8. The highest BCUT2D eigenvalue weighted by Crippen LogP contribution is 2.12. The molecule has 0 bridgehead atoms. The second kappa shape index (κ2) is 38.4. The summed E-state index contributed by atoms with van der Waals surface area (Å²) in [6.07, 6.45) is 33.0. The summed E-state index contributed by atoms with van der Waals surface area (Å²) in [4.78, 5) is 14.3. The van der Waals surface area contributed by atoms with Gasteiger partial charge in [-0.1, -0.05) is 163 Å². The van der Waals surface area contributed by atoms with E-state index in [-0.39, 0.29) is 12.6 Å². The fourth-order valence-electron chi connectivity index (χ4n) is 5.08. The lowest BCUT2D eigenvalue weighted by Crippen LogP contribution is -2.29. The predicted molar refractivity (Wildman–Crippen MR) is 177 cm³/mol. The standard InChI is InChI=1S/C28H57NO3.C8H18/c1-3-5-7-9-10-11-12-13-14-16-21-27-32-28(31)22-18-17-20-24-29(25-26-30)23-19-15-8-6-4-2;1-3-5-7-8-6-4-2/h30H,3-27H2,1-2H3;3-8H2,1-2H3. The van der Waals surface area contributed by atoms with Crippen molar-refractivity contribution < 1.29 is 14.6 Å². The maximum Gasteiger partial charge on any atom is 0.305 e. The van der Waals surface area contributed by atoms with Gasteiger partial charge in [-0.2, -0.15) is 0 Å². The van der Waals surface area contributed by atoms with Crippen molar-refractivity contribution >= 4 is 5.97 Å². The molecule has 0 heterocycles. The van der Waals surface area contributed by atoms with Crippen LogP contribution < -0.4 is 0 Å². The van der Waals surface area contributed by atoms with Crippen LogP contribution in [0, 0.1) is 0 Å². The van der Waals surface area contributed by atoms with Crippen LogP contribution in [-0.4, -0.2) is 48.8 Å². The third-order valence-corrected chi connectivity index (χ3v) is 7.82. The third kappa shape index (κ3) is 37.4. The van der Waals surface area contributed by atoms with Gasteiger partial charge in [-0.3, -0.25) is 4.79 Å². The Morgan fingerprint density at radius 1 is 0.475 bits per heavy atom. The van der Waals surface area contributed by atoms with Gasteiger partial charge in [0.1, 0.15) is 0 Å². The van der Waals surface area contributed by atoms with Gasteiger partial charge < -0.3 is 14.7 Å². The van der Waals surface area contributed by atoms with E-state index in [4.69, 9.17) is 4.74 Å². The van der Waals surface area contributed by atoms with Crippen molar-refractivity contribution in [2.75, 3.05) is 32.8 Å². The second-order valence-electron chi connectivity index (χ2n) is 12.0. The number of aliphatic hydroxyl groups is 1. The summed E-state index contributed by atoms with van der Waals surface area (Å²) in [5.41, 5.74) is 0. The largest absolute Gasteiger partial charge is 0.466 e. The molecule has 0 radical (unpaired) electrons. The van der Waals surface area contributed by atoms with Gasteiger partial charge in [0.25, 0.3) is 0 Å².